The number of nitrogens with zero attached hydrogens (tertiary/aromatic N) is 6. The van der Waals surface area contributed by atoms with E-state index in [-0.39, 0.29) is 11.8 Å². The van der Waals surface area contributed by atoms with E-state index in [2.05, 4.69) is 32.0 Å². The van der Waals surface area contributed by atoms with Gasteiger partial charge in [0.05, 0.1) is 12.5 Å². The first-order valence-electron chi connectivity index (χ1n) is 8.89. The molecule has 0 saturated heterocycles. The van der Waals surface area contributed by atoms with Gasteiger partial charge in [-0.3, -0.25) is 9.48 Å². The van der Waals surface area contributed by atoms with Gasteiger partial charge in [-0.15, -0.1) is 5.10 Å². The van der Waals surface area contributed by atoms with Crippen LogP contribution in [0.2, 0.25) is 0 Å². The first-order valence-corrected chi connectivity index (χ1v) is 8.89. The minimum atomic E-state index is -0.286. The van der Waals surface area contributed by atoms with Crippen LogP contribution in [-0.4, -0.2) is 35.9 Å². The zero-order valence-electron chi connectivity index (χ0n) is 14.5. The van der Waals surface area contributed by atoms with Crippen molar-refractivity contribution in [2.45, 2.75) is 44.8 Å². The second-order valence-corrected chi connectivity index (χ2v) is 6.50. The molecule has 1 aliphatic rings. The van der Waals surface area contributed by atoms with Gasteiger partial charge in [-0.25, -0.2) is 4.68 Å². The molecule has 0 bridgehead atoms. The molecule has 1 aliphatic heterocycles. The molecule has 0 aliphatic carbocycles. The molecule has 1 N–H and O–H groups in total. The summed E-state index contributed by atoms with van der Waals surface area (Å²) in [6.07, 6.45) is 6.45. The molecule has 3 heterocycles. The van der Waals surface area contributed by atoms with Crippen molar-refractivity contribution in [1.29, 1.82) is 0 Å². The van der Waals surface area contributed by atoms with Crippen molar-refractivity contribution in [3.63, 3.8) is 0 Å². The largest absolute Gasteiger partial charge is 0.351 e. The van der Waals surface area contributed by atoms with Gasteiger partial charge in [0.25, 0.3) is 0 Å². The van der Waals surface area contributed by atoms with Crippen molar-refractivity contribution < 1.29 is 4.79 Å². The smallest absolute Gasteiger partial charge is 0.231 e. The standard InChI is InChI=1S/C18H21N7O/c26-18(16-8-3-4-11-25-17(16)21-22-23-25)19-12-14-6-1-2-7-15(14)13-24-10-5-9-20-24/h1-2,5-7,9-10,16H,3-4,8,11-13H2,(H,19,26). The van der Waals surface area contributed by atoms with Crippen LogP contribution >= 0.6 is 0 Å². The number of aryl methyl sites for hydroxylation is 1. The summed E-state index contributed by atoms with van der Waals surface area (Å²) in [5, 5.41) is 19.1. The molecule has 3 aromatic rings. The zero-order chi connectivity index (χ0) is 17.8. The van der Waals surface area contributed by atoms with Crippen LogP contribution in [0.5, 0.6) is 0 Å². The lowest BCUT2D eigenvalue weighted by Gasteiger charge is -2.15. The number of benzene rings is 1. The van der Waals surface area contributed by atoms with Gasteiger partial charge in [-0.05, 0) is 40.5 Å². The third kappa shape index (κ3) is 3.49. The molecule has 1 atom stereocenters. The van der Waals surface area contributed by atoms with Gasteiger partial charge < -0.3 is 5.32 Å². The summed E-state index contributed by atoms with van der Waals surface area (Å²) < 4.78 is 3.63. The molecule has 0 radical (unpaired) electrons. The summed E-state index contributed by atoms with van der Waals surface area (Å²) in [5.74, 6) is 0.368. The van der Waals surface area contributed by atoms with Crippen molar-refractivity contribution in [1.82, 2.24) is 35.3 Å². The molecule has 1 unspecified atom stereocenters. The van der Waals surface area contributed by atoms with E-state index in [4.69, 9.17) is 0 Å². The fourth-order valence-electron chi connectivity index (χ4n) is 3.37. The van der Waals surface area contributed by atoms with Gasteiger partial charge in [0, 0.05) is 25.5 Å². The third-order valence-corrected chi connectivity index (χ3v) is 4.76. The monoisotopic (exact) mass is 351 g/mol. The molecule has 134 valence electrons. The summed E-state index contributed by atoms with van der Waals surface area (Å²) >= 11 is 0. The number of nitrogens with one attached hydrogen (secondary N) is 1. The summed E-state index contributed by atoms with van der Waals surface area (Å²) in [5.41, 5.74) is 2.23. The van der Waals surface area contributed by atoms with E-state index in [1.807, 2.05) is 35.1 Å². The van der Waals surface area contributed by atoms with Crippen molar-refractivity contribution in [3.05, 3.63) is 59.7 Å². The van der Waals surface area contributed by atoms with Gasteiger partial charge in [0.15, 0.2) is 5.82 Å². The summed E-state index contributed by atoms with van der Waals surface area (Å²) in [4.78, 5) is 12.8. The minimum Gasteiger partial charge on any atom is -0.351 e. The molecule has 1 amide bonds. The van der Waals surface area contributed by atoms with Crippen LogP contribution in [0, 0.1) is 0 Å². The number of aromatic nitrogens is 6. The minimum absolute atomic E-state index is 0.0168. The maximum Gasteiger partial charge on any atom is 0.231 e. The predicted molar refractivity (Wildman–Crippen MR) is 94.0 cm³/mol. The highest BCUT2D eigenvalue weighted by molar-refractivity contribution is 5.82. The molecule has 0 spiro atoms. The van der Waals surface area contributed by atoms with Gasteiger partial charge in [-0.2, -0.15) is 5.10 Å². The second-order valence-electron chi connectivity index (χ2n) is 6.50. The highest BCUT2D eigenvalue weighted by Gasteiger charge is 2.28. The summed E-state index contributed by atoms with van der Waals surface area (Å²) in [6.45, 7) is 1.94. The number of carbonyl (C=O) groups is 1. The van der Waals surface area contributed by atoms with E-state index in [0.717, 1.165) is 36.9 Å². The highest BCUT2D eigenvalue weighted by atomic mass is 16.1. The maximum absolute atomic E-state index is 12.8. The average molecular weight is 351 g/mol. The topological polar surface area (TPSA) is 90.5 Å². The molecular weight excluding hydrogens is 330 g/mol. The van der Waals surface area contributed by atoms with E-state index >= 15 is 0 Å². The quantitative estimate of drug-likeness (QED) is 0.752. The van der Waals surface area contributed by atoms with E-state index in [1.165, 1.54) is 0 Å². The Hall–Kier alpha value is -3.03. The molecule has 0 fully saturated rings. The molecule has 8 nitrogen and oxygen atoms in total. The Labute approximate surface area is 151 Å². The molecule has 0 saturated carbocycles. The van der Waals surface area contributed by atoms with Gasteiger partial charge >= 0.3 is 0 Å². The lowest BCUT2D eigenvalue weighted by molar-refractivity contribution is -0.123. The Balaban J connectivity index is 1.45. The van der Waals surface area contributed by atoms with Crippen LogP contribution in [0.15, 0.2) is 42.7 Å². The van der Waals surface area contributed by atoms with E-state index in [1.54, 1.807) is 10.9 Å². The number of rotatable bonds is 5. The van der Waals surface area contributed by atoms with Crippen LogP contribution < -0.4 is 5.32 Å². The van der Waals surface area contributed by atoms with Crippen LogP contribution in [0.4, 0.5) is 0 Å². The second kappa shape index (κ2) is 7.47. The Morgan fingerprint density at radius 1 is 1.19 bits per heavy atom. The Bertz CT molecular complexity index is 871. The highest BCUT2D eigenvalue weighted by Crippen LogP contribution is 2.24. The number of hydrogen-bond donors (Lipinski definition) is 1. The number of hydrogen-bond acceptors (Lipinski definition) is 5. The molecule has 1 aromatic carbocycles. The van der Waals surface area contributed by atoms with Crippen molar-refractivity contribution in [3.8, 4) is 0 Å². The zero-order valence-corrected chi connectivity index (χ0v) is 14.5. The van der Waals surface area contributed by atoms with E-state index in [0.29, 0.717) is 18.9 Å². The first kappa shape index (κ1) is 16.4. The van der Waals surface area contributed by atoms with Gasteiger partial charge in [0.2, 0.25) is 5.91 Å². The lowest BCUT2D eigenvalue weighted by atomic mass is 10.0. The summed E-state index contributed by atoms with van der Waals surface area (Å²) in [7, 11) is 0. The molecule has 26 heavy (non-hydrogen) atoms. The lowest BCUT2D eigenvalue weighted by Crippen LogP contribution is -2.30. The fraction of sp³-hybridized carbons (Fsp3) is 0.389. The number of tetrazole rings is 1. The molecule has 4 rings (SSSR count). The van der Waals surface area contributed by atoms with Crippen molar-refractivity contribution in [2.75, 3.05) is 0 Å². The summed E-state index contributed by atoms with van der Waals surface area (Å²) in [6, 6.07) is 10.00. The van der Waals surface area contributed by atoms with Crippen LogP contribution in [0.1, 0.15) is 42.1 Å². The molecular formula is C18H21N7O. The number of fused-ring (bicyclic) bond motifs is 1. The van der Waals surface area contributed by atoms with Crippen molar-refractivity contribution >= 4 is 5.91 Å². The number of amides is 1. The Kier molecular flexibility index (Phi) is 4.72. The third-order valence-electron chi connectivity index (χ3n) is 4.76. The SMILES string of the molecule is O=C(NCc1ccccc1Cn1cccn1)C1CCCCn2nnnc21. The normalized spacial score (nSPS) is 16.7. The van der Waals surface area contributed by atoms with E-state index < -0.39 is 0 Å². The van der Waals surface area contributed by atoms with Crippen LogP contribution in [0.25, 0.3) is 0 Å². The van der Waals surface area contributed by atoms with Crippen LogP contribution in [0.3, 0.4) is 0 Å². The predicted octanol–water partition coefficient (Wildman–Crippen LogP) is 1.50. The Morgan fingerprint density at radius 3 is 2.92 bits per heavy atom. The van der Waals surface area contributed by atoms with Crippen molar-refractivity contribution in [2.24, 2.45) is 0 Å². The van der Waals surface area contributed by atoms with E-state index in [9.17, 15) is 4.79 Å². The molecule has 8 heteroatoms. The fourth-order valence-corrected chi connectivity index (χ4v) is 3.37. The van der Waals surface area contributed by atoms with Crippen LogP contribution in [-0.2, 0) is 24.4 Å². The number of carbonyl (C=O) groups excluding carboxylic acids is 1. The van der Waals surface area contributed by atoms with Gasteiger partial charge in [-0.1, -0.05) is 30.7 Å². The Morgan fingerprint density at radius 2 is 2.08 bits per heavy atom. The van der Waals surface area contributed by atoms with Gasteiger partial charge in [0.1, 0.15) is 0 Å². The molecule has 2 aromatic heterocycles. The first-order chi connectivity index (χ1) is 12.8. The maximum atomic E-state index is 12.8. The average Bonchev–Trinajstić information content (AvgIpc) is 3.29.